The van der Waals surface area contributed by atoms with Gasteiger partial charge in [-0.25, -0.2) is 4.98 Å². The minimum absolute atomic E-state index is 0. The van der Waals surface area contributed by atoms with Crippen LogP contribution in [0.1, 0.15) is 64.3 Å². The fourth-order valence-electron chi connectivity index (χ4n) is 1.05. The van der Waals surface area contributed by atoms with Crippen molar-refractivity contribution in [2.45, 2.75) is 53.9 Å². The van der Waals surface area contributed by atoms with Crippen molar-refractivity contribution in [3.8, 4) is 0 Å². The molecule has 0 bridgehead atoms. The lowest BCUT2D eigenvalue weighted by atomic mass is 10.2. The number of hydrogen-bond donors (Lipinski definition) is 0. The number of nitrogens with zero attached hydrogens (tertiary/aromatic N) is 7. The summed E-state index contributed by atoms with van der Waals surface area (Å²) < 4.78 is 0. The van der Waals surface area contributed by atoms with Crippen molar-refractivity contribution in [1.29, 1.82) is 0 Å². The molecule has 0 spiro atoms. The molecule has 0 atom stereocenters. The first-order valence-corrected chi connectivity index (χ1v) is 6.17. The lowest BCUT2D eigenvalue weighted by molar-refractivity contribution is 0.689. The Morgan fingerprint density at radius 3 is 1.70 bits per heavy atom. The molecule has 0 unspecified atom stereocenters. The molecule has 0 aromatic carbocycles. The summed E-state index contributed by atoms with van der Waals surface area (Å²) in [6, 6.07) is 0. The van der Waals surface area contributed by atoms with E-state index >= 15 is 0 Å². The highest BCUT2D eigenvalue weighted by Crippen LogP contribution is 2.05. The molecule has 0 aliphatic carbocycles. The topological polar surface area (TPSA) is 90.2 Å². The van der Waals surface area contributed by atoms with E-state index in [2.05, 4.69) is 35.6 Å². The van der Waals surface area contributed by atoms with Crippen LogP contribution in [-0.4, -0.2) is 35.6 Å². The van der Waals surface area contributed by atoms with E-state index < -0.39 is 0 Å². The Bertz CT molecular complexity index is 468. The molecule has 2 rings (SSSR count). The van der Waals surface area contributed by atoms with Gasteiger partial charge < -0.3 is 0 Å². The highest BCUT2D eigenvalue weighted by atomic mass is 15.3. The van der Waals surface area contributed by atoms with Crippen LogP contribution < -0.4 is 0 Å². The Hall–Kier alpha value is -2.05. The lowest BCUT2D eigenvalue weighted by Crippen LogP contribution is -1.99. The number of rotatable bonds is 2. The normalized spacial score (nSPS) is 9.75. The van der Waals surface area contributed by atoms with E-state index in [9.17, 15) is 0 Å². The van der Waals surface area contributed by atoms with Gasteiger partial charge in [-0.2, -0.15) is 5.10 Å². The molecule has 0 N–H and O–H groups in total. The second-order valence-electron chi connectivity index (χ2n) is 4.67. The van der Waals surface area contributed by atoms with Crippen LogP contribution in [0.25, 0.3) is 0 Å². The summed E-state index contributed by atoms with van der Waals surface area (Å²) >= 11 is 0. The van der Waals surface area contributed by atoms with E-state index in [1.54, 1.807) is 6.20 Å². The summed E-state index contributed by atoms with van der Waals surface area (Å²) in [5.74, 6) is 2.18. The predicted molar refractivity (Wildman–Crippen MR) is 77.1 cm³/mol. The predicted octanol–water partition coefficient (Wildman–Crippen LogP) is 2.33. The zero-order chi connectivity index (χ0) is 14.3. The standard InChI is InChI=1S/C7H11N3.C5H8N4.CH4/c1-5(2)7-8-4-6(3)9-10-7;1-4(2)5-8-6-3-7-9-5;/h4-5H,1-3H3;3-4H,1-2H3;1H4. The third kappa shape index (κ3) is 6.21. The third-order valence-corrected chi connectivity index (χ3v) is 2.15. The largest absolute Gasteiger partial charge is 0.237 e. The van der Waals surface area contributed by atoms with E-state index in [4.69, 9.17) is 0 Å². The van der Waals surface area contributed by atoms with Crippen molar-refractivity contribution in [2.24, 2.45) is 0 Å². The van der Waals surface area contributed by atoms with Gasteiger partial charge in [0.15, 0.2) is 18.0 Å². The van der Waals surface area contributed by atoms with Crippen LogP contribution in [0.2, 0.25) is 0 Å². The van der Waals surface area contributed by atoms with Crippen molar-refractivity contribution in [2.75, 3.05) is 0 Å². The molecule has 110 valence electrons. The van der Waals surface area contributed by atoms with Gasteiger partial charge in [0.2, 0.25) is 0 Å². The molecule has 7 heteroatoms. The maximum atomic E-state index is 4.10. The van der Waals surface area contributed by atoms with Crippen molar-refractivity contribution < 1.29 is 0 Å². The van der Waals surface area contributed by atoms with Gasteiger partial charge in [-0.15, -0.1) is 25.5 Å². The van der Waals surface area contributed by atoms with Crippen LogP contribution in [0.15, 0.2) is 12.5 Å². The number of aryl methyl sites for hydroxylation is 1. The zero-order valence-corrected chi connectivity index (χ0v) is 11.9. The maximum absolute atomic E-state index is 4.10. The molecule has 0 aliphatic rings. The van der Waals surface area contributed by atoms with Gasteiger partial charge in [0, 0.05) is 11.8 Å². The van der Waals surface area contributed by atoms with Gasteiger partial charge >= 0.3 is 0 Å². The molecular weight excluding hydrogens is 254 g/mol. The second kappa shape index (κ2) is 8.95. The van der Waals surface area contributed by atoms with E-state index in [0.29, 0.717) is 17.7 Å². The van der Waals surface area contributed by atoms with Crippen LogP contribution in [0.3, 0.4) is 0 Å². The second-order valence-corrected chi connectivity index (χ2v) is 4.67. The monoisotopic (exact) mass is 277 g/mol. The Labute approximate surface area is 120 Å². The minimum Gasteiger partial charge on any atom is -0.237 e. The summed E-state index contributed by atoms with van der Waals surface area (Å²) in [7, 11) is 0. The smallest absolute Gasteiger partial charge is 0.176 e. The molecule has 0 saturated carbocycles. The number of aromatic nitrogens is 7. The summed E-state index contributed by atoms with van der Waals surface area (Å²) in [4.78, 5) is 4.10. The van der Waals surface area contributed by atoms with Gasteiger partial charge in [-0.05, 0) is 6.92 Å². The fraction of sp³-hybridized carbons (Fsp3) is 0.615. The lowest BCUT2D eigenvalue weighted by Gasteiger charge is -1.99. The van der Waals surface area contributed by atoms with E-state index in [0.717, 1.165) is 11.5 Å². The highest BCUT2D eigenvalue weighted by molar-refractivity contribution is 4.94. The Kier molecular flexibility index (Phi) is 8.03. The Balaban J connectivity index is 0.000000345. The molecule has 7 nitrogen and oxygen atoms in total. The van der Waals surface area contributed by atoms with E-state index in [1.165, 1.54) is 6.33 Å². The van der Waals surface area contributed by atoms with Crippen LogP contribution in [0, 0.1) is 6.92 Å². The SMILES string of the molecule is C.CC(C)c1nncnn1.Cc1cnc(C(C)C)nn1. The van der Waals surface area contributed by atoms with Crippen molar-refractivity contribution >= 4 is 0 Å². The Morgan fingerprint density at radius 2 is 1.35 bits per heavy atom. The zero-order valence-electron chi connectivity index (χ0n) is 11.9. The van der Waals surface area contributed by atoms with Crippen LogP contribution in [-0.2, 0) is 0 Å². The molecule has 2 heterocycles. The van der Waals surface area contributed by atoms with Crippen molar-refractivity contribution in [3.05, 3.63) is 29.9 Å². The average molecular weight is 277 g/mol. The van der Waals surface area contributed by atoms with Gasteiger partial charge in [-0.1, -0.05) is 35.1 Å². The molecule has 0 fully saturated rings. The van der Waals surface area contributed by atoms with Gasteiger partial charge in [0.05, 0.1) is 11.9 Å². The quantitative estimate of drug-likeness (QED) is 0.832. The molecular formula is C13H23N7. The molecule has 20 heavy (non-hydrogen) atoms. The summed E-state index contributed by atoms with van der Waals surface area (Å²) in [5, 5.41) is 22.5. The van der Waals surface area contributed by atoms with Gasteiger partial charge in [-0.3, -0.25) is 0 Å². The molecule has 0 amide bonds. The van der Waals surface area contributed by atoms with Crippen LogP contribution >= 0.6 is 0 Å². The summed E-state index contributed by atoms with van der Waals surface area (Å²) in [6.07, 6.45) is 3.06. The third-order valence-electron chi connectivity index (χ3n) is 2.15. The van der Waals surface area contributed by atoms with Crippen molar-refractivity contribution in [1.82, 2.24) is 35.6 Å². The molecule has 2 aromatic heterocycles. The average Bonchev–Trinajstić information content (AvgIpc) is 2.41. The molecule has 0 aliphatic heterocycles. The molecule has 2 aromatic rings. The maximum Gasteiger partial charge on any atom is 0.176 e. The van der Waals surface area contributed by atoms with Crippen molar-refractivity contribution in [3.63, 3.8) is 0 Å². The minimum atomic E-state index is 0. The molecule has 0 saturated heterocycles. The highest BCUT2D eigenvalue weighted by Gasteiger charge is 2.01. The number of hydrogen-bond acceptors (Lipinski definition) is 7. The van der Waals surface area contributed by atoms with E-state index in [1.807, 2.05) is 34.6 Å². The Morgan fingerprint density at radius 1 is 0.800 bits per heavy atom. The first kappa shape index (κ1) is 17.9. The first-order chi connectivity index (χ1) is 9.00. The van der Waals surface area contributed by atoms with Crippen LogP contribution in [0.4, 0.5) is 0 Å². The summed E-state index contributed by atoms with van der Waals surface area (Å²) in [5.41, 5.74) is 0.865. The molecule has 0 radical (unpaired) electrons. The fourth-order valence-corrected chi connectivity index (χ4v) is 1.05. The van der Waals surface area contributed by atoms with E-state index in [-0.39, 0.29) is 7.43 Å². The summed E-state index contributed by atoms with van der Waals surface area (Å²) in [6.45, 7) is 9.97. The van der Waals surface area contributed by atoms with Gasteiger partial charge in [0.25, 0.3) is 0 Å². The first-order valence-electron chi connectivity index (χ1n) is 6.17. The van der Waals surface area contributed by atoms with Crippen LogP contribution in [0.5, 0.6) is 0 Å². The van der Waals surface area contributed by atoms with Gasteiger partial charge in [0.1, 0.15) is 0 Å².